The molecule has 0 aromatic heterocycles. The summed E-state index contributed by atoms with van der Waals surface area (Å²) in [5.41, 5.74) is -0.230. The fraction of sp³-hybridized carbons (Fsp3) is 0.941. The van der Waals surface area contributed by atoms with Crippen molar-refractivity contribution in [3.8, 4) is 6.07 Å². The standard InChI is InChI=1S/C17H27N3/c1-20-4-2-17(11-18,3-5-20)19-16-14-7-12-6-13(9-14)10-15(16)8-12/h12-16,19H,2-10H2,1H3. The molecule has 4 bridgehead atoms. The zero-order chi connectivity index (χ0) is 13.7. The molecule has 0 radical (unpaired) electrons. The third-order valence-corrected chi connectivity index (χ3v) is 6.72. The highest BCUT2D eigenvalue weighted by Crippen LogP contribution is 2.54. The maximum absolute atomic E-state index is 9.75. The van der Waals surface area contributed by atoms with E-state index in [1.807, 2.05) is 0 Å². The maximum atomic E-state index is 9.75. The number of hydrogen-bond acceptors (Lipinski definition) is 3. The van der Waals surface area contributed by atoms with E-state index < -0.39 is 0 Å². The lowest BCUT2D eigenvalue weighted by molar-refractivity contribution is -0.0256. The van der Waals surface area contributed by atoms with Gasteiger partial charge in [0.25, 0.3) is 0 Å². The third kappa shape index (κ3) is 2.09. The first kappa shape index (κ1) is 13.1. The van der Waals surface area contributed by atoms with Gasteiger partial charge >= 0.3 is 0 Å². The molecule has 0 amide bonds. The van der Waals surface area contributed by atoms with Crippen molar-refractivity contribution in [2.45, 2.75) is 56.5 Å². The van der Waals surface area contributed by atoms with Crippen molar-refractivity contribution in [3.63, 3.8) is 0 Å². The van der Waals surface area contributed by atoms with Crippen LogP contribution in [0.1, 0.15) is 44.9 Å². The molecule has 20 heavy (non-hydrogen) atoms. The number of nitrogens with one attached hydrogen (secondary N) is 1. The molecule has 0 aromatic carbocycles. The Bertz CT molecular complexity index is 388. The number of piperidine rings is 1. The van der Waals surface area contributed by atoms with E-state index in [0.717, 1.165) is 49.6 Å². The van der Waals surface area contributed by atoms with Crippen LogP contribution in [0, 0.1) is 35.0 Å². The molecule has 1 aliphatic heterocycles. The lowest BCUT2D eigenvalue weighted by Gasteiger charge is -2.56. The summed E-state index contributed by atoms with van der Waals surface area (Å²) in [6.07, 6.45) is 9.26. The molecule has 5 rings (SSSR count). The van der Waals surface area contributed by atoms with Crippen LogP contribution in [0.25, 0.3) is 0 Å². The fourth-order valence-electron chi connectivity index (χ4n) is 5.77. The van der Waals surface area contributed by atoms with E-state index in [4.69, 9.17) is 0 Å². The fourth-order valence-corrected chi connectivity index (χ4v) is 5.77. The van der Waals surface area contributed by atoms with Crippen molar-refractivity contribution in [1.82, 2.24) is 10.2 Å². The first-order valence-electron chi connectivity index (χ1n) is 8.55. The van der Waals surface area contributed by atoms with Gasteiger partial charge in [0, 0.05) is 19.1 Å². The van der Waals surface area contributed by atoms with Crippen molar-refractivity contribution in [2.24, 2.45) is 23.7 Å². The van der Waals surface area contributed by atoms with Gasteiger partial charge in [-0.25, -0.2) is 0 Å². The molecule has 0 unspecified atom stereocenters. The summed E-state index contributed by atoms with van der Waals surface area (Å²) in [5.74, 6) is 3.78. The van der Waals surface area contributed by atoms with Gasteiger partial charge in [0.15, 0.2) is 0 Å². The summed E-state index contributed by atoms with van der Waals surface area (Å²) >= 11 is 0. The normalized spacial score (nSPS) is 46.3. The molecule has 1 saturated heterocycles. The van der Waals surface area contributed by atoms with Crippen LogP contribution in [-0.4, -0.2) is 36.6 Å². The van der Waals surface area contributed by atoms with Crippen LogP contribution in [0.15, 0.2) is 0 Å². The van der Waals surface area contributed by atoms with Gasteiger partial charge in [-0.15, -0.1) is 0 Å². The second-order valence-electron chi connectivity index (χ2n) is 8.10. The molecule has 3 nitrogen and oxygen atoms in total. The Labute approximate surface area is 122 Å². The van der Waals surface area contributed by atoms with Crippen molar-refractivity contribution in [1.29, 1.82) is 5.26 Å². The van der Waals surface area contributed by atoms with E-state index in [0.29, 0.717) is 6.04 Å². The van der Waals surface area contributed by atoms with Crippen molar-refractivity contribution < 1.29 is 0 Å². The molecule has 5 fully saturated rings. The summed E-state index contributed by atoms with van der Waals surface area (Å²) in [5, 5.41) is 13.6. The van der Waals surface area contributed by atoms with Crippen LogP contribution < -0.4 is 5.32 Å². The Hall–Kier alpha value is -0.590. The molecule has 1 heterocycles. The summed E-state index contributed by atoms with van der Waals surface area (Å²) in [4.78, 5) is 2.36. The lowest BCUT2D eigenvalue weighted by atomic mass is 9.54. The molecule has 4 aliphatic carbocycles. The average molecular weight is 273 g/mol. The second-order valence-corrected chi connectivity index (χ2v) is 8.10. The van der Waals surface area contributed by atoms with E-state index in [1.54, 1.807) is 0 Å². The Morgan fingerprint density at radius 1 is 1.00 bits per heavy atom. The van der Waals surface area contributed by atoms with E-state index in [2.05, 4.69) is 23.3 Å². The first-order valence-corrected chi connectivity index (χ1v) is 8.55. The highest BCUT2D eigenvalue weighted by Gasteiger charge is 2.50. The van der Waals surface area contributed by atoms with Gasteiger partial charge in [0.05, 0.1) is 6.07 Å². The van der Waals surface area contributed by atoms with Crippen molar-refractivity contribution in [3.05, 3.63) is 0 Å². The lowest BCUT2D eigenvalue weighted by Crippen LogP contribution is -2.62. The Morgan fingerprint density at radius 3 is 2.05 bits per heavy atom. The highest BCUT2D eigenvalue weighted by atomic mass is 15.1. The molecule has 5 aliphatic rings. The SMILES string of the molecule is CN1CCC(C#N)(NC2C3CC4CC(C3)CC2C4)CC1. The predicted octanol–water partition coefficient (Wildman–Crippen LogP) is 2.39. The van der Waals surface area contributed by atoms with Crippen LogP contribution in [-0.2, 0) is 0 Å². The predicted molar refractivity (Wildman–Crippen MR) is 79.0 cm³/mol. The number of hydrogen-bond donors (Lipinski definition) is 1. The van der Waals surface area contributed by atoms with Gasteiger partial charge in [-0.1, -0.05) is 0 Å². The minimum atomic E-state index is -0.230. The molecule has 0 atom stereocenters. The Morgan fingerprint density at radius 2 is 1.55 bits per heavy atom. The minimum Gasteiger partial charge on any atom is -0.306 e. The number of nitriles is 1. The number of nitrogens with zero attached hydrogens (tertiary/aromatic N) is 2. The summed E-state index contributed by atoms with van der Waals surface area (Å²) in [6, 6.07) is 3.30. The first-order chi connectivity index (χ1) is 9.67. The Kier molecular flexibility index (Phi) is 3.09. The smallest absolute Gasteiger partial charge is 0.109 e. The molecule has 3 heteroatoms. The zero-order valence-corrected chi connectivity index (χ0v) is 12.6. The van der Waals surface area contributed by atoms with Crippen molar-refractivity contribution >= 4 is 0 Å². The van der Waals surface area contributed by atoms with Gasteiger partial charge in [0.1, 0.15) is 5.54 Å². The maximum Gasteiger partial charge on any atom is 0.109 e. The summed E-state index contributed by atoms with van der Waals surface area (Å²) in [6.45, 7) is 2.13. The minimum absolute atomic E-state index is 0.230. The number of likely N-dealkylation sites (tertiary alicyclic amines) is 1. The van der Waals surface area contributed by atoms with Gasteiger partial charge in [-0.3, -0.25) is 5.32 Å². The molecule has 110 valence electrons. The van der Waals surface area contributed by atoms with Gasteiger partial charge in [-0.2, -0.15) is 5.26 Å². The van der Waals surface area contributed by atoms with Crippen molar-refractivity contribution in [2.75, 3.05) is 20.1 Å². The summed E-state index contributed by atoms with van der Waals surface area (Å²) in [7, 11) is 2.17. The molecular formula is C17H27N3. The zero-order valence-electron chi connectivity index (χ0n) is 12.6. The van der Waals surface area contributed by atoms with Crippen LogP contribution in [0.5, 0.6) is 0 Å². The van der Waals surface area contributed by atoms with Gasteiger partial charge < -0.3 is 4.90 Å². The topological polar surface area (TPSA) is 39.1 Å². The van der Waals surface area contributed by atoms with E-state index >= 15 is 0 Å². The molecule has 0 aromatic rings. The largest absolute Gasteiger partial charge is 0.306 e. The van der Waals surface area contributed by atoms with Crippen LogP contribution >= 0.6 is 0 Å². The monoisotopic (exact) mass is 273 g/mol. The van der Waals surface area contributed by atoms with Crippen LogP contribution in [0.3, 0.4) is 0 Å². The van der Waals surface area contributed by atoms with E-state index in [1.165, 1.54) is 32.1 Å². The van der Waals surface area contributed by atoms with Gasteiger partial charge in [0.2, 0.25) is 0 Å². The highest BCUT2D eigenvalue weighted by molar-refractivity contribution is 5.13. The van der Waals surface area contributed by atoms with Gasteiger partial charge in [-0.05, 0) is 75.7 Å². The van der Waals surface area contributed by atoms with Crippen LogP contribution in [0.4, 0.5) is 0 Å². The molecule has 4 saturated carbocycles. The van der Waals surface area contributed by atoms with Crippen LogP contribution in [0.2, 0.25) is 0 Å². The molecule has 0 spiro atoms. The summed E-state index contributed by atoms with van der Waals surface area (Å²) < 4.78 is 0. The second kappa shape index (κ2) is 4.71. The van der Waals surface area contributed by atoms with E-state index in [-0.39, 0.29) is 5.54 Å². The molecular weight excluding hydrogens is 246 g/mol. The van der Waals surface area contributed by atoms with E-state index in [9.17, 15) is 5.26 Å². The third-order valence-electron chi connectivity index (χ3n) is 6.72. The molecule has 1 N–H and O–H groups in total. The average Bonchev–Trinajstić information content (AvgIpc) is 2.45. The number of rotatable bonds is 2. The Balaban J connectivity index is 1.49. The quantitative estimate of drug-likeness (QED) is 0.839.